The fraction of sp³-hybridized carbons (Fsp3) is 0.346. The first-order valence-corrected chi connectivity index (χ1v) is 11.1. The Labute approximate surface area is 192 Å². The lowest BCUT2D eigenvalue weighted by atomic mass is 9.93. The van der Waals surface area contributed by atoms with Crippen molar-refractivity contribution in [3.8, 4) is 23.0 Å². The summed E-state index contributed by atoms with van der Waals surface area (Å²) in [5.74, 6) is 2.77. The molecule has 3 N–H and O–H groups in total. The van der Waals surface area contributed by atoms with Gasteiger partial charge in [0.2, 0.25) is 5.91 Å². The van der Waals surface area contributed by atoms with Gasteiger partial charge in [-0.2, -0.15) is 0 Å². The van der Waals surface area contributed by atoms with Crippen LogP contribution in [0.3, 0.4) is 0 Å². The Morgan fingerprint density at radius 3 is 2.21 bits per heavy atom. The van der Waals surface area contributed by atoms with E-state index in [4.69, 9.17) is 9.84 Å². The molecule has 4 rings (SSSR count). The molecule has 0 unspecified atom stereocenters. The van der Waals surface area contributed by atoms with E-state index in [0.29, 0.717) is 12.8 Å². The molecule has 2 aromatic rings. The van der Waals surface area contributed by atoms with E-state index in [9.17, 15) is 14.4 Å². The van der Waals surface area contributed by atoms with Crippen LogP contribution >= 0.6 is 0 Å². The molecule has 0 spiro atoms. The highest BCUT2D eigenvalue weighted by Gasteiger charge is 2.38. The van der Waals surface area contributed by atoms with Crippen molar-refractivity contribution in [2.75, 3.05) is 13.2 Å². The highest BCUT2D eigenvalue weighted by molar-refractivity contribution is 5.86. The second-order valence-electron chi connectivity index (χ2n) is 8.50. The van der Waals surface area contributed by atoms with Crippen LogP contribution in [-0.2, 0) is 14.3 Å². The van der Waals surface area contributed by atoms with E-state index in [-0.39, 0.29) is 31.4 Å². The van der Waals surface area contributed by atoms with Gasteiger partial charge in [0.05, 0.1) is 12.1 Å². The van der Waals surface area contributed by atoms with Crippen LogP contribution in [0.25, 0.3) is 11.1 Å². The average molecular weight is 447 g/mol. The lowest BCUT2D eigenvalue weighted by molar-refractivity contribution is -0.130. The van der Waals surface area contributed by atoms with Crippen LogP contribution < -0.4 is 10.6 Å². The molecule has 2 aliphatic rings. The minimum Gasteiger partial charge on any atom is -0.472 e. The molecular weight excluding hydrogens is 420 g/mol. The first-order chi connectivity index (χ1) is 16.0. The molecule has 7 nitrogen and oxygen atoms in total. The number of ether oxygens (including phenoxy) is 1. The van der Waals surface area contributed by atoms with E-state index in [2.05, 4.69) is 40.8 Å². The van der Waals surface area contributed by atoms with Crippen LogP contribution in [0.4, 0.5) is 4.79 Å². The van der Waals surface area contributed by atoms with Gasteiger partial charge in [-0.25, -0.2) is 9.59 Å². The average Bonchev–Trinajstić information content (AvgIpc) is 3.37. The molecule has 7 heteroatoms. The van der Waals surface area contributed by atoms with Crippen LogP contribution in [0.2, 0.25) is 0 Å². The molecule has 2 aromatic carbocycles. The zero-order valence-corrected chi connectivity index (χ0v) is 18.2. The van der Waals surface area contributed by atoms with Crippen LogP contribution in [0.5, 0.6) is 0 Å². The minimum absolute atomic E-state index is 0.0289. The molecule has 0 atom stereocenters. The van der Waals surface area contributed by atoms with Gasteiger partial charge >= 0.3 is 12.1 Å². The summed E-state index contributed by atoms with van der Waals surface area (Å²) in [6.45, 7) is 0.166. The van der Waals surface area contributed by atoms with Gasteiger partial charge in [0.1, 0.15) is 6.61 Å². The highest BCUT2D eigenvalue weighted by Crippen LogP contribution is 2.44. The number of carboxylic acids is 1. The lowest BCUT2D eigenvalue weighted by Gasteiger charge is -2.29. The molecule has 0 aliphatic heterocycles. The standard InChI is InChI=1S/C26H26N2O5/c29-23(27-15-7-12-24(30)31)16-26(13-5-6-14-26)28-25(32)33-17-22-20-10-3-1-8-18(20)19-9-2-4-11-21(19)22/h1-4,8-11,22H,5-6,13-17H2,(H,27,29)(H,28,32)(H,30,31). The van der Waals surface area contributed by atoms with Crippen molar-refractivity contribution in [3.63, 3.8) is 0 Å². The number of nitrogens with one attached hydrogen (secondary N) is 2. The highest BCUT2D eigenvalue weighted by atomic mass is 16.5. The van der Waals surface area contributed by atoms with E-state index >= 15 is 0 Å². The minimum atomic E-state index is -1.24. The summed E-state index contributed by atoms with van der Waals surface area (Å²) in [4.78, 5) is 35.5. The smallest absolute Gasteiger partial charge is 0.407 e. The number of alkyl carbamates (subject to hydrolysis) is 1. The summed E-state index contributed by atoms with van der Waals surface area (Å²) in [5, 5.41) is 14.1. The molecule has 0 bridgehead atoms. The number of rotatable bonds is 6. The van der Waals surface area contributed by atoms with Gasteiger partial charge in [-0.1, -0.05) is 67.3 Å². The van der Waals surface area contributed by atoms with Crippen molar-refractivity contribution in [3.05, 3.63) is 59.7 Å². The third-order valence-electron chi connectivity index (χ3n) is 6.34. The lowest BCUT2D eigenvalue weighted by Crippen LogP contribution is -2.49. The van der Waals surface area contributed by atoms with E-state index in [0.717, 1.165) is 35.1 Å². The van der Waals surface area contributed by atoms with Gasteiger partial charge in [-0.15, -0.1) is 0 Å². The monoisotopic (exact) mass is 446 g/mol. The van der Waals surface area contributed by atoms with Crippen LogP contribution in [-0.4, -0.2) is 41.8 Å². The van der Waals surface area contributed by atoms with E-state index in [1.54, 1.807) is 0 Å². The molecule has 1 fully saturated rings. The van der Waals surface area contributed by atoms with E-state index in [1.807, 2.05) is 30.2 Å². The van der Waals surface area contributed by atoms with Crippen molar-refractivity contribution in [1.29, 1.82) is 0 Å². The molecule has 2 amide bonds. The van der Waals surface area contributed by atoms with Gasteiger partial charge < -0.3 is 20.5 Å². The van der Waals surface area contributed by atoms with Gasteiger partial charge in [0.25, 0.3) is 0 Å². The van der Waals surface area contributed by atoms with Crippen molar-refractivity contribution >= 4 is 18.0 Å². The van der Waals surface area contributed by atoms with E-state index < -0.39 is 17.6 Å². The van der Waals surface area contributed by atoms with Crippen LogP contribution in [0.1, 0.15) is 49.1 Å². The topological polar surface area (TPSA) is 105 Å². The van der Waals surface area contributed by atoms with Crippen molar-refractivity contribution in [2.24, 2.45) is 0 Å². The summed E-state index contributed by atoms with van der Waals surface area (Å²) in [5.41, 5.74) is 3.95. The Hall–Kier alpha value is -3.79. The van der Waals surface area contributed by atoms with E-state index in [1.165, 1.54) is 0 Å². The maximum Gasteiger partial charge on any atom is 0.407 e. The zero-order chi connectivity index (χ0) is 23.3. The van der Waals surface area contributed by atoms with Crippen molar-refractivity contribution in [1.82, 2.24) is 10.6 Å². The molecule has 1 saturated carbocycles. The molecule has 0 saturated heterocycles. The number of fused-ring (bicyclic) bond motifs is 3. The number of hydrogen-bond acceptors (Lipinski definition) is 4. The summed E-state index contributed by atoms with van der Waals surface area (Å²) in [6.07, 6.45) is 2.77. The molecular formula is C26H26N2O5. The maximum absolute atomic E-state index is 12.7. The number of carbonyl (C=O) groups excluding carboxylic acids is 2. The Morgan fingerprint density at radius 2 is 1.61 bits per heavy atom. The molecule has 0 aromatic heterocycles. The number of aliphatic carboxylic acids is 1. The predicted molar refractivity (Wildman–Crippen MR) is 122 cm³/mol. The Bertz CT molecular complexity index is 1080. The van der Waals surface area contributed by atoms with Crippen LogP contribution in [0.15, 0.2) is 48.5 Å². The first kappa shape index (κ1) is 22.4. The summed E-state index contributed by atoms with van der Waals surface area (Å²) in [7, 11) is 0. The Balaban J connectivity index is 1.37. The number of hydrogen-bond donors (Lipinski definition) is 3. The molecule has 2 aliphatic carbocycles. The number of carbonyl (C=O) groups is 3. The maximum atomic E-state index is 12.7. The summed E-state index contributed by atoms with van der Waals surface area (Å²) in [6, 6.07) is 16.3. The SMILES string of the molecule is O=C(O)C#CCNC(=O)CC1(NC(=O)OCC2c3ccccc3-c3ccccc32)CCCC1. The third-order valence-corrected chi connectivity index (χ3v) is 6.34. The Morgan fingerprint density at radius 1 is 1.00 bits per heavy atom. The summed E-state index contributed by atoms with van der Waals surface area (Å²) >= 11 is 0. The van der Waals surface area contributed by atoms with Gasteiger partial charge in [-0.3, -0.25) is 4.79 Å². The fourth-order valence-electron chi connectivity index (χ4n) is 4.88. The number of amides is 2. The zero-order valence-electron chi connectivity index (χ0n) is 18.2. The normalized spacial score (nSPS) is 15.5. The predicted octanol–water partition coefficient (Wildman–Crippen LogP) is 3.43. The van der Waals surface area contributed by atoms with Crippen LogP contribution in [0, 0.1) is 11.8 Å². The number of carboxylic acid groups (broad SMARTS) is 1. The number of benzene rings is 2. The van der Waals surface area contributed by atoms with Gasteiger partial charge in [0.15, 0.2) is 0 Å². The van der Waals surface area contributed by atoms with Gasteiger partial charge in [-0.05, 0) is 35.1 Å². The molecule has 33 heavy (non-hydrogen) atoms. The third kappa shape index (κ3) is 5.17. The Kier molecular flexibility index (Phi) is 6.64. The fourth-order valence-corrected chi connectivity index (χ4v) is 4.88. The first-order valence-electron chi connectivity index (χ1n) is 11.1. The molecule has 0 radical (unpaired) electrons. The molecule has 0 heterocycles. The second kappa shape index (κ2) is 9.78. The van der Waals surface area contributed by atoms with Gasteiger partial charge in [0, 0.05) is 18.3 Å². The molecule has 170 valence electrons. The largest absolute Gasteiger partial charge is 0.472 e. The second-order valence-corrected chi connectivity index (χ2v) is 8.50. The van der Waals surface area contributed by atoms with Crippen molar-refractivity contribution < 1.29 is 24.2 Å². The quantitative estimate of drug-likeness (QED) is 0.590. The van der Waals surface area contributed by atoms with Crippen molar-refractivity contribution in [2.45, 2.75) is 43.6 Å². The summed E-state index contributed by atoms with van der Waals surface area (Å²) < 4.78 is 5.66.